The Morgan fingerprint density at radius 3 is 2.73 bits per heavy atom. The molecular weight excluding hydrogens is 330 g/mol. The van der Waals surface area contributed by atoms with Crippen molar-refractivity contribution in [1.82, 2.24) is 5.16 Å². The molecule has 1 aromatic carbocycles. The maximum atomic E-state index is 11.9. The van der Waals surface area contributed by atoms with Crippen molar-refractivity contribution < 1.29 is 13.7 Å². The zero-order valence-corrected chi connectivity index (χ0v) is 15.2. The quantitative estimate of drug-likeness (QED) is 0.616. The summed E-state index contributed by atoms with van der Waals surface area (Å²) in [6, 6.07) is 7.56. The normalized spacial score (nSPS) is 15.5. The number of ether oxygens (including phenoxy) is 1. The molecule has 1 aliphatic carbocycles. The first-order valence-electron chi connectivity index (χ1n) is 9.24. The van der Waals surface area contributed by atoms with Crippen molar-refractivity contribution >= 4 is 11.0 Å². The van der Waals surface area contributed by atoms with Crippen molar-refractivity contribution in [1.29, 1.82) is 0 Å². The summed E-state index contributed by atoms with van der Waals surface area (Å²) in [7, 11) is 0. The van der Waals surface area contributed by atoms with Crippen LogP contribution in [0.15, 0.2) is 38.0 Å². The van der Waals surface area contributed by atoms with E-state index in [2.05, 4.69) is 5.16 Å². The van der Waals surface area contributed by atoms with Crippen LogP contribution in [0.4, 0.5) is 0 Å². The van der Waals surface area contributed by atoms with E-state index in [9.17, 15) is 4.79 Å². The smallest absolute Gasteiger partial charge is 0.339 e. The lowest BCUT2D eigenvalue weighted by atomic mass is 9.87. The van der Waals surface area contributed by atoms with Crippen LogP contribution in [0.25, 0.3) is 11.0 Å². The van der Waals surface area contributed by atoms with Crippen LogP contribution < -0.4 is 10.4 Å². The molecule has 0 aliphatic heterocycles. The number of hydrogen-bond acceptors (Lipinski definition) is 5. The number of nitrogens with zero attached hydrogens (tertiary/aromatic N) is 1. The van der Waals surface area contributed by atoms with E-state index in [1.165, 1.54) is 32.1 Å². The van der Waals surface area contributed by atoms with Gasteiger partial charge in [-0.1, -0.05) is 24.4 Å². The molecule has 1 aliphatic rings. The first-order valence-corrected chi connectivity index (χ1v) is 9.24. The van der Waals surface area contributed by atoms with Gasteiger partial charge in [0.25, 0.3) is 0 Å². The molecule has 2 heterocycles. The number of aryl methyl sites for hydroxylation is 1. The van der Waals surface area contributed by atoms with Gasteiger partial charge in [0, 0.05) is 29.0 Å². The zero-order valence-electron chi connectivity index (χ0n) is 15.2. The monoisotopic (exact) mass is 353 g/mol. The average molecular weight is 353 g/mol. The molecule has 26 heavy (non-hydrogen) atoms. The Hall–Kier alpha value is -2.56. The lowest BCUT2D eigenvalue weighted by Crippen LogP contribution is -2.05. The van der Waals surface area contributed by atoms with Crippen LogP contribution in [0, 0.1) is 13.8 Å². The Bertz CT molecular complexity index is 979. The Morgan fingerprint density at radius 1 is 1.12 bits per heavy atom. The molecule has 1 saturated carbocycles. The number of hydrogen-bond donors (Lipinski definition) is 0. The molecule has 0 atom stereocenters. The molecule has 0 N–H and O–H groups in total. The minimum atomic E-state index is -0.306. The molecule has 0 spiro atoms. The number of aromatic nitrogens is 1. The van der Waals surface area contributed by atoms with Gasteiger partial charge in [0.1, 0.15) is 17.9 Å². The Balaban J connectivity index is 1.48. The minimum absolute atomic E-state index is 0.306. The predicted molar refractivity (Wildman–Crippen MR) is 98.6 cm³/mol. The van der Waals surface area contributed by atoms with Crippen LogP contribution >= 0.6 is 0 Å². The summed E-state index contributed by atoms with van der Waals surface area (Å²) in [6.45, 7) is 4.01. The summed E-state index contributed by atoms with van der Waals surface area (Å²) < 4.78 is 16.6. The highest BCUT2D eigenvalue weighted by Gasteiger charge is 2.19. The number of rotatable bonds is 4. The lowest BCUT2D eigenvalue weighted by Gasteiger charge is -2.18. The number of benzene rings is 1. The van der Waals surface area contributed by atoms with Crippen LogP contribution in [0.3, 0.4) is 0 Å². The van der Waals surface area contributed by atoms with Gasteiger partial charge >= 0.3 is 5.63 Å². The van der Waals surface area contributed by atoms with E-state index in [1.54, 1.807) is 13.0 Å². The summed E-state index contributed by atoms with van der Waals surface area (Å²) in [4.78, 5) is 11.9. The molecule has 136 valence electrons. The first kappa shape index (κ1) is 16.9. The van der Waals surface area contributed by atoms with Crippen LogP contribution in [0.1, 0.15) is 60.6 Å². The molecule has 0 bridgehead atoms. The van der Waals surface area contributed by atoms with Gasteiger partial charge in [0.05, 0.1) is 5.69 Å². The van der Waals surface area contributed by atoms with Crippen molar-refractivity contribution in [3.8, 4) is 5.75 Å². The van der Waals surface area contributed by atoms with Crippen molar-refractivity contribution in [3.63, 3.8) is 0 Å². The molecule has 2 aromatic heterocycles. The lowest BCUT2D eigenvalue weighted by molar-refractivity contribution is 0.247. The molecule has 0 unspecified atom stereocenters. The summed E-state index contributed by atoms with van der Waals surface area (Å²) >= 11 is 0. The third-order valence-corrected chi connectivity index (χ3v) is 5.41. The fraction of sp³-hybridized carbons (Fsp3) is 0.429. The highest BCUT2D eigenvalue weighted by atomic mass is 16.5. The van der Waals surface area contributed by atoms with Crippen molar-refractivity contribution in [2.75, 3.05) is 0 Å². The maximum absolute atomic E-state index is 11.9. The second-order valence-corrected chi connectivity index (χ2v) is 7.14. The Morgan fingerprint density at radius 2 is 1.92 bits per heavy atom. The zero-order chi connectivity index (χ0) is 18.1. The SMILES string of the molecule is Cc1c(C)c2ccc(OCc3cc(C4CCCCC4)no3)cc2oc1=O. The van der Waals surface area contributed by atoms with Gasteiger partial charge in [-0.2, -0.15) is 0 Å². The van der Waals surface area contributed by atoms with Gasteiger partial charge in [-0.25, -0.2) is 4.79 Å². The van der Waals surface area contributed by atoms with Crippen LogP contribution in [-0.4, -0.2) is 5.16 Å². The summed E-state index contributed by atoms with van der Waals surface area (Å²) in [6.07, 6.45) is 6.24. The molecular formula is C21H23NO4. The average Bonchev–Trinajstić information content (AvgIpc) is 3.14. The van der Waals surface area contributed by atoms with Crippen molar-refractivity contribution in [2.24, 2.45) is 0 Å². The Kier molecular flexibility index (Phi) is 4.53. The predicted octanol–water partition coefficient (Wildman–Crippen LogP) is 5.02. The molecule has 3 aromatic rings. The van der Waals surface area contributed by atoms with Gasteiger partial charge in [0.2, 0.25) is 0 Å². The van der Waals surface area contributed by atoms with Gasteiger partial charge in [-0.15, -0.1) is 0 Å². The van der Waals surface area contributed by atoms with Gasteiger partial charge in [0.15, 0.2) is 5.76 Å². The largest absolute Gasteiger partial charge is 0.485 e. The topological polar surface area (TPSA) is 65.5 Å². The fourth-order valence-corrected chi connectivity index (χ4v) is 3.66. The molecule has 1 fully saturated rings. The van der Waals surface area contributed by atoms with Gasteiger partial charge in [-0.3, -0.25) is 0 Å². The van der Waals surface area contributed by atoms with Crippen LogP contribution in [0.5, 0.6) is 5.75 Å². The maximum Gasteiger partial charge on any atom is 0.339 e. The van der Waals surface area contributed by atoms with E-state index in [4.69, 9.17) is 13.7 Å². The van der Waals surface area contributed by atoms with Crippen molar-refractivity contribution in [2.45, 2.75) is 58.5 Å². The third kappa shape index (κ3) is 3.26. The van der Waals surface area contributed by atoms with E-state index in [-0.39, 0.29) is 5.63 Å². The van der Waals surface area contributed by atoms with E-state index >= 15 is 0 Å². The highest BCUT2D eigenvalue weighted by molar-refractivity contribution is 5.82. The molecule has 0 radical (unpaired) electrons. The van der Waals surface area contributed by atoms with E-state index < -0.39 is 0 Å². The molecule has 0 amide bonds. The van der Waals surface area contributed by atoms with Gasteiger partial charge in [-0.05, 0) is 44.4 Å². The van der Waals surface area contributed by atoms with E-state index in [0.29, 0.717) is 35.2 Å². The van der Waals surface area contributed by atoms with E-state index in [1.807, 2.05) is 25.1 Å². The fourth-order valence-electron chi connectivity index (χ4n) is 3.66. The molecule has 0 saturated heterocycles. The summed E-state index contributed by atoms with van der Waals surface area (Å²) in [5, 5.41) is 5.14. The van der Waals surface area contributed by atoms with Crippen molar-refractivity contribution in [3.05, 3.63) is 57.3 Å². The van der Waals surface area contributed by atoms with E-state index in [0.717, 1.165) is 16.6 Å². The second-order valence-electron chi connectivity index (χ2n) is 7.14. The van der Waals surface area contributed by atoms with Gasteiger partial charge < -0.3 is 13.7 Å². The Labute approximate surface area is 151 Å². The van der Waals surface area contributed by atoms with Crippen LogP contribution in [-0.2, 0) is 6.61 Å². The highest BCUT2D eigenvalue weighted by Crippen LogP contribution is 2.32. The summed E-state index contributed by atoms with van der Waals surface area (Å²) in [5.74, 6) is 1.87. The third-order valence-electron chi connectivity index (χ3n) is 5.41. The standard InChI is InChI=1S/C21H23NO4/c1-13-14(2)21(23)25-20-11-16(8-9-18(13)20)24-12-17-10-19(22-26-17)15-6-4-3-5-7-15/h8-11,15H,3-7,12H2,1-2H3. The molecule has 5 heteroatoms. The second kappa shape index (κ2) is 6.98. The molecule has 4 rings (SSSR count). The molecule has 5 nitrogen and oxygen atoms in total. The first-order chi connectivity index (χ1) is 12.6. The van der Waals surface area contributed by atoms with Crippen LogP contribution in [0.2, 0.25) is 0 Å². The minimum Gasteiger partial charge on any atom is -0.485 e. The number of fused-ring (bicyclic) bond motifs is 1. The summed E-state index contributed by atoms with van der Waals surface area (Å²) in [5.41, 5.74) is 2.85.